The molecule has 1 aromatic carbocycles. The van der Waals surface area contributed by atoms with Crippen molar-refractivity contribution >= 4 is 22.8 Å². The Morgan fingerprint density at radius 2 is 2.14 bits per heavy atom. The van der Waals surface area contributed by atoms with E-state index in [1.807, 2.05) is 0 Å². The lowest BCUT2D eigenvalue weighted by Crippen LogP contribution is -2.32. The van der Waals surface area contributed by atoms with Crippen molar-refractivity contribution in [3.8, 4) is 5.75 Å². The van der Waals surface area contributed by atoms with Crippen LogP contribution in [0.25, 0.3) is 10.9 Å². The van der Waals surface area contributed by atoms with Crippen LogP contribution in [0.5, 0.6) is 5.75 Å². The Labute approximate surface area is 125 Å². The lowest BCUT2D eigenvalue weighted by atomic mass is 9.96. The molecule has 1 unspecified atom stereocenters. The molecule has 8 heteroatoms. The summed E-state index contributed by atoms with van der Waals surface area (Å²) in [7, 11) is 1.30. The Morgan fingerprint density at radius 3 is 2.64 bits per heavy atom. The molecule has 2 aromatic rings. The van der Waals surface area contributed by atoms with Gasteiger partial charge in [0.15, 0.2) is 11.6 Å². The van der Waals surface area contributed by atoms with Gasteiger partial charge in [-0.2, -0.15) is 0 Å². The van der Waals surface area contributed by atoms with Crippen LogP contribution < -0.4 is 16.2 Å². The second kappa shape index (κ2) is 5.64. The van der Waals surface area contributed by atoms with Crippen LogP contribution in [0, 0.1) is 12.7 Å². The lowest BCUT2D eigenvalue weighted by molar-refractivity contribution is -0.138. The van der Waals surface area contributed by atoms with Crippen LogP contribution in [0.4, 0.5) is 4.39 Å². The number of carboxylic acid groups (broad SMARTS) is 1. The average molecular weight is 309 g/mol. The van der Waals surface area contributed by atoms with Crippen molar-refractivity contribution in [3.63, 3.8) is 0 Å². The zero-order valence-electron chi connectivity index (χ0n) is 12.1. The summed E-state index contributed by atoms with van der Waals surface area (Å²) < 4.78 is 19.3. The smallest absolute Gasteiger partial charge is 0.320 e. The molecular formula is C14H16FN3O4. The van der Waals surface area contributed by atoms with E-state index in [1.54, 1.807) is 0 Å². The number of nitrogens with one attached hydrogen (secondary N) is 1. The number of halogens is 1. The number of aromatic nitrogens is 1. The summed E-state index contributed by atoms with van der Waals surface area (Å²) in [6, 6.07) is -1.16. The van der Waals surface area contributed by atoms with E-state index >= 15 is 0 Å². The van der Waals surface area contributed by atoms with Gasteiger partial charge in [0, 0.05) is 23.6 Å². The van der Waals surface area contributed by atoms with Gasteiger partial charge < -0.3 is 26.3 Å². The van der Waals surface area contributed by atoms with E-state index in [9.17, 15) is 14.0 Å². The number of aliphatic carboxylic acids is 1. The Morgan fingerprint density at radius 1 is 1.50 bits per heavy atom. The molecule has 0 spiro atoms. The molecule has 0 saturated heterocycles. The van der Waals surface area contributed by atoms with E-state index in [4.69, 9.17) is 21.3 Å². The Balaban J connectivity index is 2.79. The Hall–Kier alpha value is -2.61. The standard InChI is InChI=1S/C14H16FN3O4/c1-5-8(13(17)19)9-6(3-7(16)14(20)21)4-18-11(9)12(22-2)10(5)15/h4,7,18H,3,16H2,1-2H3,(H2,17,19)(H,20,21). The molecule has 2 rings (SSSR count). The van der Waals surface area contributed by atoms with Crippen molar-refractivity contribution in [2.75, 3.05) is 7.11 Å². The van der Waals surface area contributed by atoms with Gasteiger partial charge in [-0.15, -0.1) is 0 Å². The fraction of sp³-hybridized carbons (Fsp3) is 0.286. The summed E-state index contributed by atoms with van der Waals surface area (Å²) in [5.74, 6) is -2.75. The molecule has 1 heterocycles. The first kappa shape index (κ1) is 15.8. The topological polar surface area (TPSA) is 131 Å². The van der Waals surface area contributed by atoms with Gasteiger partial charge >= 0.3 is 5.97 Å². The number of carbonyl (C=O) groups is 2. The number of carbonyl (C=O) groups excluding carboxylic acids is 1. The summed E-state index contributed by atoms with van der Waals surface area (Å²) >= 11 is 0. The molecule has 0 bridgehead atoms. The zero-order chi connectivity index (χ0) is 16.6. The molecule has 7 nitrogen and oxygen atoms in total. The number of methoxy groups -OCH3 is 1. The van der Waals surface area contributed by atoms with Gasteiger partial charge in [-0.25, -0.2) is 4.39 Å². The van der Waals surface area contributed by atoms with Crippen LogP contribution in [-0.2, 0) is 11.2 Å². The normalized spacial score (nSPS) is 12.4. The van der Waals surface area contributed by atoms with Crippen LogP contribution in [0.1, 0.15) is 21.5 Å². The number of primary amides is 1. The molecule has 1 atom stereocenters. The fourth-order valence-corrected chi connectivity index (χ4v) is 2.49. The number of carboxylic acids is 1. The Bertz CT molecular complexity index is 769. The van der Waals surface area contributed by atoms with E-state index in [1.165, 1.54) is 20.2 Å². The number of rotatable bonds is 5. The molecule has 0 aliphatic rings. The third kappa shape index (κ3) is 2.37. The SMILES string of the molecule is COc1c(F)c(C)c(C(N)=O)c2c(CC(N)C(=O)O)c[nH]c12. The minimum atomic E-state index is -1.18. The first-order valence-electron chi connectivity index (χ1n) is 6.43. The van der Waals surface area contributed by atoms with Gasteiger partial charge in [0.2, 0.25) is 5.91 Å². The number of hydrogen-bond acceptors (Lipinski definition) is 4. The van der Waals surface area contributed by atoms with Gasteiger partial charge in [0.05, 0.1) is 18.2 Å². The summed E-state index contributed by atoms with van der Waals surface area (Å²) in [5.41, 5.74) is 11.6. The monoisotopic (exact) mass is 309 g/mol. The maximum absolute atomic E-state index is 14.3. The molecule has 0 saturated carbocycles. The quantitative estimate of drug-likeness (QED) is 0.645. The van der Waals surface area contributed by atoms with Crippen LogP contribution in [0.15, 0.2) is 6.20 Å². The lowest BCUT2D eigenvalue weighted by Gasteiger charge is -2.13. The predicted molar refractivity (Wildman–Crippen MR) is 77.4 cm³/mol. The van der Waals surface area contributed by atoms with E-state index in [-0.39, 0.29) is 28.8 Å². The van der Waals surface area contributed by atoms with Crippen molar-refractivity contribution in [3.05, 3.63) is 28.7 Å². The molecule has 0 fully saturated rings. The highest BCUT2D eigenvalue weighted by Crippen LogP contribution is 2.36. The van der Waals surface area contributed by atoms with E-state index in [0.717, 1.165) is 0 Å². The highest BCUT2D eigenvalue weighted by molar-refractivity contribution is 6.10. The van der Waals surface area contributed by atoms with Gasteiger partial charge in [-0.3, -0.25) is 9.59 Å². The number of ether oxygens (including phenoxy) is 1. The summed E-state index contributed by atoms with van der Waals surface area (Å²) in [5, 5.41) is 9.25. The average Bonchev–Trinajstić information content (AvgIpc) is 2.83. The summed E-state index contributed by atoms with van der Waals surface area (Å²) in [4.78, 5) is 25.4. The number of aromatic amines is 1. The van der Waals surface area contributed by atoms with Crippen LogP contribution in [0.2, 0.25) is 0 Å². The molecular weight excluding hydrogens is 293 g/mol. The van der Waals surface area contributed by atoms with Crippen molar-refractivity contribution in [1.29, 1.82) is 0 Å². The highest BCUT2D eigenvalue weighted by atomic mass is 19.1. The van der Waals surface area contributed by atoms with Crippen molar-refractivity contribution in [1.82, 2.24) is 4.98 Å². The molecule has 1 aromatic heterocycles. The zero-order valence-corrected chi connectivity index (χ0v) is 12.1. The maximum Gasteiger partial charge on any atom is 0.320 e. The molecule has 0 aliphatic heterocycles. The first-order chi connectivity index (χ1) is 10.3. The largest absolute Gasteiger partial charge is 0.492 e. The second-order valence-electron chi connectivity index (χ2n) is 4.92. The van der Waals surface area contributed by atoms with Crippen molar-refractivity contribution in [2.45, 2.75) is 19.4 Å². The van der Waals surface area contributed by atoms with Gasteiger partial charge in [0.1, 0.15) is 6.04 Å². The van der Waals surface area contributed by atoms with E-state index in [2.05, 4.69) is 4.98 Å². The molecule has 0 radical (unpaired) electrons. The highest BCUT2D eigenvalue weighted by Gasteiger charge is 2.25. The number of nitrogens with two attached hydrogens (primary N) is 2. The fourth-order valence-electron chi connectivity index (χ4n) is 2.49. The van der Waals surface area contributed by atoms with Crippen LogP contribution >= 0.6 is 0 Å². The Kier molecular flexibility index (Phi) is 4.05. The van der Waals surface area contributed by atoms with Crippen LogP contribution in [-0.4, -0.2) is 35.1 Å². The number of benzene rings is 1. The van der Waals surface area contributed by atoms with Gasteiger partial charge in [0.25, 0.3) is 0 Å². The minimum absolute atomic E-state index is 0.0119. The van der Waals surface area contributed by atoms with Crippen molar-refractivity contribution < 1.29 is 23.8 Å². The predicted octanol–water partition coefficient (Wildman–Crippen LogP) is 0.677. The van der Waals surface area contributed by atoms with Crippen molar-refractivity contribution in [2.24, 2.45) is 11.5 Å². The molecule has 6 N–H and O–H groups in total. The number of fused-ring (bicyclic) bond motifs is 1. The summed E-state index contributed by atoms with van der Waals surface area (Å²) in [6.45, 7) is 1.41. The summed E-state index contributed by atoms with van der Waals surface area (Å²) in [6.07, 6.45) is 1.44. The second-order valence-corrected chi connectivity index (χ2v) is 4.92. The van der Waals surface area contributed by atoms with E-state index in [0.29, 0.717) is 10.9 Å². The van der Waals surface area contributed by atoms with Gasteiger partial charge in [-0.1, -0.05) is 0 Å². The molecule has 22 heavy (non-hydrogen) atoms. The maximum atomic E-state index is 14.3. The van der Waals surface area contributed by atoms with Crippen LogP contribution in [0.3, 0.4) is 0 Å². The van der Waals surface area contributed by atoms with E-state index < -0.39 is 23.7 Å². The number of H-pyrrole nitrogens is 1. The third-order valence-electron chi connectivity index (χ3n) is 3.55. The number of amides is 1. The van der Waals surface area contributed by atoms with Gasteiger partial charge in [-0.05, 0) is 12.5 Å². The third-order valence-corrected chi connectivity index (χ3v) is 3.55. The first-order valence-corrected chi connectivity index (χ1v) is 6.43. The number of hydrogen-bond donors (Lipinski definition) is 4. The molecule has 0 aliphatic carbocycles. The molecule has 118 valence electrons. The minimum Gasteiger partial charge on any atom is -0.492 e. The molecule has 1 amide bonds.